The van der Waals surface area contributed by atoms with Gasteiger partial charge < -0.3 is 15.4 Å². The average molecular weight is 453 g/mol. The molecule has 0 bridgehead atoms. The van der Waals surface area contributed by atoms with Crippen molar-refractivity contribution in [2.75, 3.05) is 20.7 Å². The maximum absolute atomic E-state index is 5.20. The van der Waals surface area contributed by atoms with E-state index >= 15 is 0 Å². The second-order valence-corrected chi connectivity index (χ2v) is 5.80. The van der Waals surface area contributed by atoms with Crippen LogP contribution in [0.3, 0.4) is 0 Å². The molecule has 0 aromatic heterocycles. The molecule has 0 saturated heterocycles. The van der Waals surface area contributed by atoms with Crippen molar-refractivity contribution in [3.63, 3.8) is 0 Å². The van der Waals surface area contributed by atoms with Gasteiger partial charge in [-0.1, -0.05) is 49.4 Å². The highest BCUT2D eigenvalue weighted by Crippen LogP contribution is 2.21. The number of ether oxygens (including phenoxy) is 1. The summed E-state index contributed by atoms with van der Waals surface area (Å²) in [7, 11) is 3.49. The molecule has 0 fully saturated rings. The van der Waals surface area contributed by atoms with Crippen molar-refractivity contribution in [2.24, 2.45) is 4.99 Å². The van der Waals surface area contributed by atoms with Crippen LogP contribution in [0.1, 0.15) is 30.4 Å². The quantitative estimate of drug-likeness (QED) is 0.376. The Morgan fingerprint density at radius 3 is 2.32 bits per heavy atom. The Bertz CT molecular complexity index is 629. The molecular formula is C20H28IN3O. The predicted octanol–water partition coefficient (Wildman–Crippen LogP) is 4.17. The number of aliphatic imine (C=N–C) groups is 1. The molecule has 0 radical (unpaired) electrons. The third-order valence-electron chi connectivity index (χ3n) is 4.08. The van der Waals surface area contributed by atoms with Gasteiger partial charge in [0.15, 0.2) is 5.96 Å². The third-order valence-corrected chi connectivity index (χ3v) is 4.08. The molecule has 2 aromatic rings. The van der Waals surface area contributed by atoms with Crippen LogP contribution in [-0.4, -0.2) is 26.7 Å². The van der Waals surface area contributed by atoms with Crippen LogP contribution >= 0.6 is 24.0 Å². The molecule has 25 heavy (non-hydrogen) atoms. The van der Waals surface area contributed by atoms with Crippen molar-refractivity contribution in [3.8, 4) is 5.75 Å². The zero-order chi connectivity index (χ0) is 17.2. The first-order valence-corrected chi connectivity index (χ1v) is 8.35. The molecule has 2 N–H and O–H groups in total. The lowest BCUT2D eigenvalue weighted by atomic mass is 9.98. The average Bonchev–Trinajstić information content (AvgIpc) is 2.65. The van der Waals surface area contributed by atoms with Crippen molar-refractivity contribution in [1.82, 2.24) is 10.6 Å². The van der Waals surface area contributed by atoms with Crippen LogP contribution in [-0.2, 0) is 6.54 Å². The lowest BCUT2D eigenvalue weighted by Gasteiger charge is -2.15. The van der Waals surface area contributed by atoms with Gasteiger partial charge in [0.05, 0.1) is 7.11 Å². The molecule has 4 nitrogen and oxygen atoms in total. The maximum Gasteiger partial charge on any atom is 0.191 e. The minimum Gasteiger partial charge on any atom is -0.497 e. The first-order chi connectivity index (χ1) is 11.7. The van der Waals surface area contributed by atoms with Gasteiger partial charge in [0.2, 0.25) is 0 Å². The van der Waals surface area contributed by atoms with Gasteiger partial charge in [-0.15, -0.1) is 24.0 Å². The molecule has 0 saturated carbocycles. The van der Waals surface area contributed by atoms with E-state index in [1.807, 2.05) is 30.3 Å². The van der Waals surface area contributed by atoms with E-state index < -0.39 is 0 Å². The maximum atomic E-state index is 5.20. The first kappa shape index (κ1) is 21.3. The summed E-state index contributed by atoms with van der Waals surface area (Å²) in [5.74, 6) is 2.21. The highest BCUT2D eigenvalue weighted by atomic mass is 127. The van der Waals surface area contributed by atoms with Crippen LogP contribution in [0.25, 0.3) is 0 Å². The molecule has 0 aliphatic rings. The summed E-state index contributed by atoms with van der Waals surface area (Å²) < 4.78 is 5.20. The smallest absolute Gasteiger partial charge is 0.191 e. The van der Waals surface area contributed by atoms with E-state index in [1.165, 1.54) is 11.1 Å². The predicted molar refractivity (Wildman–Crippen MR) is 116 cm³/mol. The number of nitrogens with zero attached hydrogens (tertiary/aromatic N) is 1. The van der Waals surface area contributed by atoms with E-state index in [4.69, 9.17) is 4.74 Å². The molecule has 0 heterocycles. The number of halogens is 1. The van der Waals surface area contributed by atoms with Gasteiger partial charge >= 0.3 is 0 Å². The first-order valence-electron chi connectivity index (χ1n) is 8.35. The Labute approximate surface area is 168 Å². The molecule has 0 amide bonds. The minimum absolute atomic E-state index is 0. The van der Waals surface area contributed by atoms with Crippen molar-refractivity contribution in [1.29, 1.82) is 0 Å². The molecule has 1 atom stereocenters. The van der Waals surface area contributed by atoms with Crippen molar-refractivity contribution in [3.05, 3.63) is 65.7 Å². The second kappa shape index (κ2) is 11.7. The Balaban J connectivity index is 0.00000312. The third kappa shape index (κ3) is 7.34. The number of hydrogen-bond acceptors (Lipinski definition) is 2. The Morgan fingerprint density at radius 2 is 1.72 bits per heavy atom. The van der Waals surface area contributed by atoms with E-state index in [0.29, 0.717) is 5.92 Å². The van der Waals surface area contributed by atoms with Crippen LogP contribution in [0.15, 0.2) is 59.6 Å². The highest BCUT2D eigenvalue weighted by molar-refractivity contribution is 14.0. The van der Waals surface area contributed by atoms with Gasteiger partial charge in [-0.05, 0) is 35.6 Å². The normalized spacial score (nSPS) is 12.0. The molecule has 2 aromatic carbocycles. The SMILES string of the molecule is CN=C(NCCC(C)c1ccc(OC)cc1)NCc1ccccc1.I. The molecule has 5 heteroatoms. The summed E-state index contributed by atoms with van der Waals surface area (Å²) >= 11 is 0. The summed E-state index contributed by atoms with van der Waals surface area (Å²) in [6.45, 7) is 3.89. The van der Waals surface area contributed by atoms with Gasteiger partial charge in [0, 0.05) is 20.1 Å². The van der Waals surface area contributed by atoms with Gasteiger partial charge in [-0.2, -0.15) is 0 Å². The van der Waals surface area contributed by atoms with Crippen molar-refractivity contribution < 1.29 is 4.74 Å². The molecular weight excluding hydrogens is 425 g/mol. The number of rotatable bonds is 7. The van der Waals surface area contributed by atoms with Crippen LogP contribution in [0.4, 0.5) is 0 Å². The Kier molecular flexibility index (Phi) is 9.99. The van der Waals surface area contributed by atoms with E-state index in [-0.39, 0.29) is 24.0 Å². The van der Waals surface area contributed by atoms with Crippen LogP contribution < -0.4 is 15.4 Å². The molecule has 0 spiro atoms. The highest BCUT2D eigenvalue weighted by Gasteiger charge is 2.06. The number of methoxy groups -OCH3 is 1. The topological polar surface area (TPSA) is 45.7 Å². The van der Waals surface area contributed by atoms with Gasteiger partial charge in [-0.25, -0.2) is 0 Å². The summed E-state index contributed by atoms with van der Waals surface area (Å²) in [5, 5.41) is 6.71. The lowest BCUT2D eigenvalue weighted by molar-refractivity contribution is 0.414. The van der Waals surface area contributed by atoms with E-state index in [0.717, 1.165) is 31.2 Å². The standard InChI is InChI=1S/C20H27N3O.HI/c1-16(18-9-11-19(24-3)12-10-18)13-14-22-20(21-2)23-15-17-7-5-4-6-8-17;/h4-12,16H,13-15H2,1-3H3,(H2,21,22,23);1H. The minimum atomic E-state index is 0. The summed E-state index contributed by atoms with van der Waals surface area (Å²) in [5.41, 5.74) is 2.57. The van der Waals surface area contributed by atoms with Crippen molar-refractivity contribution in [2.45, 2.75) is 25.8 Å². The molecule has 1 unspecified atom stereocenters. The Morgan fingerprint density at radius 1 is 1.04 bits per heavy atom. The molecule has 136 valence electrons. The van der Waals surface area contributed by atoms with E-state index in [1.54, 1.807) is 14.2 Å². The van der Waals surface area contributed by atoms with Crippen LogP contribution in [0.5, 0.6) is 5.75 Å². The number of nitrogens with one attached hydrogen (secondary N) is 2. The van der Waals surface area contributed by atoms with E-state index in [2.05, 4.69) is 46.8 Å². The van der Waals surface area contributed by atoms with Crippen LogP contribution in [0, 0.1) is 0 Å². The number of hydrogen-bond donors (Lipinski definition) is 2. The summed E-state index contributed by atoms with van der Waals surface area (Å²) in [6.07, 6.45) is 1.04. The monoisotopic (exact) mass is 453 g/mol. The fraction of sp³-hybridized carbons (Fsp3) is 0.350. The number of guanidine groups is 1. The number of benzene rings is 2. The lowest BCUT2D eigenvalue weighted by Crippen LogP contribution is -2.37. The summed E-state index contributed by atoms with van der Waals surface area (Å²) in [4.78, 5) is 4.27. The second-order valence-electron chi connectivity index (χ2n) is 5.80. The van der Waals surface area contributed by atoms with Crippen molar-refractivity contribution >= 4 is 29.9 Å². The van der Waals surface area contributed by atoms with Gasteiger partial charge in [-0.3, -0.25) is 4.99 Å². The summed E-state index contributed by atoms with van der Waals surface area (Å²) in [6, 6.07) is 18.6. The zero-order valence-electron chi connectivity index (χ0n) is 15.2. The fourth-order valence-corrected chi connectivity index (χ4v) is 2.51. The van der Waals surface area contributed by atoms with E-state index in [9.17, 15) is 0 Å². The van der Waals surface area contributed by atoms with Gasteiger partial charge in [0.1, 0.15) is 5.75 Å². The molecule has 2 rings (SSSR count). The zero-order valence-corrected chi connectivity index (χ0v) is 17.5. The molecule has 0 aliphatic carbocycles. The van der Waals surface area contributed by atoms with Crippen LogP contribution in [0.2, 0.25) is 0 Å². The fourth-order valence-electron chi connectivity index (χ4n) is 2.51. The Hall–Kier alpha value is -1.76. The largest absolute Gasteiger partial charge is 0.497 e. The molecule has 0 aliphatic heterocycles. The van der Waals surface area contributed by atoms with Gasteiger partial charge in [0.25, 0.3) is 0 Å².